The second-order valence-electron chi connectivity index (χ2n) is 7.27. The number of carbonyl (C=O) groups is 1. The van der Waals surface area contributed by atoms with Crippen LogP contribution in [0.3, 0.4) is 0 Å². The van der Waals surface area contributed by atoms with Crippen molar-refractivity contribution >= 4 is 29.2 Å². The number of hydrogen-bond donors (Lipinski definition) is 0. The van der Waals surface area contributed by atoms with E-state index in [1.165, 1.54) is 32.1 Å². The average Bonchev–Trinajstić information content (AvgIpc) is 2.72. The van der Waals surface area contributed by atoms with Crippen molar-refractivity contribution in [2.45, 2.75) is 44.9 Å². The fourth-order valence-electron chi connectivity index (χ4n) is 3.62. The third kappa shape index (κ3) is 5.97. The topological polar surface area (TPSA) is 50.1 Å². The van der Waals surface area contributed by atoms with E-state index >= 15 is 0 Å². The van der Waals surface area contributed by atoms with Crippen LogP contribution in [-0.4, -0.2) is 5.97 Å². The summed E-state index contributed by atoms with van der Waals surface area (Å²) in [5.41, 5.74) is 2.13. The number of rotatable bonds is 6. The number of allylic oxidation sites excluding steroid dienone is 1. The van der Waals surface area contributed by atoms with Crippen LogP contribution in [0.1, 0.15) is 56.1 Å². The molecule has 3 nitrogen and oxygen atoms in total. The summed E-state index contributed by atoms with van der Waals surface area (Å²) in [6.07, 6.45) is 9.49. The van der Waals surface area contributed by atoms with Crippen LogP contribution in [0.25, 0.3) is 11.6 Å². The van der Waals surface area contributed by atoms with Crippen molar-refractivity contribution < 1.29 is 9.53 Å². The quantitative estimate of drug-likeness (QED) is 0.238. The molecule has 0 spiro atoms. The lowest BCUT2D eigenvalue weighted by molar-refractivity contribution is -0.134. The number of esters is 1. The van der Waals surface area contributed by atoms with Gasteiger partial charge in [0.1, 0.15) is 5.75 Å². The molecule has 0 amide bonds. The third-order valence-corrected chi connectivity index (χ3v) is 5.41. The number of carbonyl (C=O) groups excluding carboxylic acids is 1. The van der Waals surface area contributed by atoms with Gasteiger partial charge in [-0.15, -0.1) is 0 Å². The Hall–Kier alpha value is -2.57. The molecule has 3 rings (SSSR count). The molecule has 0 atom stereocenters. The molecule has 2 aromatic carbocycles. The molecule has 0 aromatic heterocycles. The predicted octanol–water partition coefficient (Wildman–Crippen LogP) is 6.67. The van der Waals surface area contributed by atoms with Crippen LogP contribution in [0.15, 0.2) is 48.5 Å². The van der Waals surface area contributed by atoms with E-state index in [2.05, 4.69) is 6.07 Å². The van der Waals surface area contributed by atoms with Crippen LogP contribution in [0.4, 0.5) is 0 Å². The molecule has 2 aromatic rings. The standard InChI is InChI=1S/C24H24ClNO2/c25-22-12-10-20(11-13-22)21(17-26)15-19-7-4-8-23(16-19)28-24(27)14-9-18-5-2-1-3-6-18/h4,7-8,10-13,15-16,18H,1-3,5-6,9,14H2/b21-15-. The van der Waals surface area contributed by atoms with E-state index < -0.39 is 0 Å². The van der Waals surface area contributed by atoms with E-state index in [1.54, 1.807) is 30.3 Å². The van der Waals surface area contributed by atoms with Crippen LogP contribution in [0.5, 0.6) is 5.75 Å². The number of ether oxygens (including phenoxy) is 1. The molecule has 0 unspecified atom stereocenters. The van der Waals surface area contributed by atoms with E-state index in [-0.39, 0.29) is 5.97 Å². The summed E-state index contributed by atoms with van der Waals surface area (Å²) in [7, 11) is 0. The van der Waals surface area contributed by atoms with Gasteiger partial charge in [0.05, 0.1) is 11.6 Å². The highest BCUT2D eigenvalue weighted by Crippen LogP contribution is 2.28. The molecule has 1 fully saturated rings. The molecule has 0 aliphatic heterocycles. The van der Waals surface area contributed by atoms with Gasteiger partial charge < -0.3 is 4.74 Å². The fraction of sp³-hybridized carbons (Fsp3) is 0.333. The molecule has 0 heterocycles. The third-order valence-electron chi connectivity index (χ3n) is 5.16. The van der Waals surface area contributed by atoms with Crippen molar-refractivity contribution in [3.63, 3.8) is 0 Å². The smallest absolute Gasteiger partial charge is 0.311 e. The first kappa shape index (κ1) is 20.2. The Balaban J connectivity index is 1.63. The zero-order valence-electron chi connectivity index (χ0n) is 15.9. The van der Waals surface area contributed by atoms with Crippen molar-refractivity contribution in [1.82, 2.24) is 0 Å². The van der Waals surface area contributed by atoms with Gasteiger partial charge in [0.2, 0.25) is 0 Å². The minimum atomic E-state index is -0.190. The van der Waals surface area contributed by atoms with Gasteiger partial charge in [0, 0.05) is 11.4 Å². The molecule has 1 aliphatic rings. The van der Waals surface area contributed by atoms with Crippen LogP contribution >= 0.6 is 11.6 Å². The van der Waals surface area contributed by atoms with Gasteiger partial charge in [-0.2, -0.15) is 5.26 Å². The fourth-order valence-corrected chi connectivity index (χ4v) is 3.75. The zero-order valence-corrected chi connectivity index (χ0v) is 16.6. The molecular formula is C24H24ClNO2. The second-order valence-corrected chi connectivity index (χ2v) is 7.70. The minimum Gasteiger partial charge on any atom is -0.427 e. The molecule has 0 saturated heterocycles. The zero-order chi connectivity index (χ0) is 19.8. The molecule has 0 bridgehead atoms. The summed E-state index contributed by atoms with van der Waals surface area (Å²) in [5, 5.41) is 10.1. The lowest BCUT2D eigenvalue weighted by atomic mass is 9.86. The second kappa shape index (κ2) is 10.1. The van der Waals surface area contributed by atoms with Gasteiger partial charge in [-0.25, -0.2) is 0 Å². The normalized spacial score (nSPS) is 15.1. The van der Waals surface area contributed by atoms with Crippen molar-refractivity contribution in [3.05, 3.63) is 64.7 Å². The van der Waals surface area contributed by atoms with Crippen LogP contribution in [-0.2, 0) is 4.79 Å². The Bertz CT molecular complexity index is 874. The van der Waals surface area contributed by atoms with E-state index in [1.807, 2.05) is 24.3 Å². The van der Waals surface area contributed by atoms with E-state index in [9.17, 15) is 10.1 Å². The number of nitriles is 1. The summed E-state index contributed by atoms with van der Waals surface area (Å²) in [5.74, 6) is 0.980. The molecule has 0 N–H and O–H groups in total. The maximum atomic E-state index is 12.2. The highest BCUT2D eigenvalue weighted by atomic mass is 35.5. The highest BCUT2D eigenvalue weighted by Gasteiger charge is 2.15. The molecule has 0 radical (unpaired) electrons. The monoisotopic (exact) mass is 393 g/mol. The van der Waals surface area contributed by atoms with Crippen molar-refractivity contribution in [2.24, 2.45) is 5.92 Å². The van der Waals surface area contributed by atoms with Crippen molar-refractivity contribution in [3.8, 4) is 11.8 Å². The molecule has 1 saturated carbocycles. The van der Waals surface area contributed by atoms with E-state index in [0.29, 0.717) is 28.7 Å². The highest BCUT2D eigenvalue weighted by molar-refractivity contribution is 6.30. The Labute approximate surface area is 171 Å². The van der Waals surface area contributed by atoms with Crippen molar-refractivity contribution in [2.75, 3.05) is 0 Å². The Morgan fingerprint density at radius 3 is 2.61 bits per heavy atom. The average molecular weight is 394 g/mol. The van der Waals surface area contributed by atoms with E-state index in [0.717, 1.165) is 17.5 Å². The number of halogens is 1. The van der Waals surface area contributed by atoms with Crippen LogP contribution in [0, 0.1) is 17.2 Å². The molecule has 4 heteroatoms. The molecule has 1 aliphatic carbocycles. The summed E-state index contributed by atoms with van der Waals surface area (Å²) in [6.45, 7) is 0. The summed E-state index contributed by atoms with van der Waals surface area (Å²) < 4.78 is 5.51. The van der Waals surface area contributed by atoms with Crippen molar-refractivity contribution in [1.29, 1.82) is 5.26 Å². The van der Waals surface area contributed by atoms with Gasteiger partial charge >= 0.3 is 5.97 Å². The summed E-state index contributed by atoms with van der Waals surface area (Å²) in [6, 6.07) is 16.6. The lowest BCUT2D eigenvalue weighted by Crippen LogP contribution is -2.12. The van der Waals surface area contributed by atoms with Crippen LogP contribution < -0.4 is 4.74 Å². The molecule has 144 valence electrons. The van der Waals surface area contributed by atoms with Gasteiger partial charge in [0.15, 0.2) is 0 Å². The minimum absolute atomic E-state index is 0.190. The van der Waals surface area contributed by atoms with Gasteiger partial charge in [-0.3, -0.25) is 4.79 Å². The lowest BCUT2D eigenvalue weighted by Gasteiger charge is -2.20. The Morgan fingerprint density at radius 1 is 1.14 bits per heavy atom. The Kier molecular flexibility index (Phi) is 7.28. The van der Waals surface area contributed by atoms with Gasteiger partial charge in [-0.05, 0) is 53.8 Å². The molecule has 28 heavy (non-hydrogen) atoms. The number of hydrogen-bond acceptors (Lipinski definition) is 3. The summed E-state index contributed by atoms with van der Waals surface area (Å²) in [4.78, 5) is 12.2. The van der Waals surface area contributed by atoms with Gasteiger partial charge in [0.25, 0.3) is 0 Å². The number of benzene rings is 2. The maximum absolute atomic E-state index is 12.2. The Morgan fingerprint density at radius 2 is 1.89 bits per heavy atom. The number of nitrogens with zero attached hydrogens (tertiary/aromatic N) is 1. The maximum Gasteiger partial charge on any atom is 0.311 e. The predicted molar refractivity (Wildman–Crippen MR) is 113 cm³/mol. The first-order valence-corrected chi connectivity index (χ1v) is 10.2. The largest absolute Gasteiger partial charge is 0.427 e. The van der Waals surface area contributed by atoms with Gasteiger partial charge in [-0.1, -0.05) is 68.0 Å². The summed E-state index contributed by atoms with van der Waals surface area (Å²) >= 11 is 5.91. The SMILES string of the molecule is N#C/C(=C/c1cccc(OC(=O)CCC2CCCCC2)c1)c1ccc(Cl)cc1. The van der Waals surface area contributed by atoms with Crippen LogP contribution in [0.2, 0.25) is 5.02 Å². The van der Waals surface area contributed by atoms with E-state index in [4.69, 9.17) is 16.3 Å². The first-order valence-electron chi connectivity index (χ1n) is 9.82. The first-order chi connectivity index (χ1) is 13.6. The molecular weight excluding hydrogens is 370 g/mol.